The zero-order valence-corrected chi connectivity index (χ0v) is 15.1. The van der Waals surface area contributed by atoms with Gasteiger partial charge in [0.15, 0.2) is 5.78 Å². The van der Waals surface area contributed by atoms with Crippen molar-refractivity contribution in [1.29, 1.82) is 0 Å². The van der Waals surface area contributed by atoms with Crippen LogP contribution in [0.25, 0.3) is 0 Å². The number of ketones is 1. The topological polar surface area (TPSA) is 49.4 Å². The molecule has 1 aliphatic rings. The Bertz CT molecular complexity index is 737. The number of amides is 1. The van der Waals surface area contributed by atoms with Crippen LogP contribution in [0.15, 0.2) is 54.6 Å². The van der Waals surface area contributed by atoms with E-state index in [1.54, 1.807) is 12.1 Å². The van der Waals surface area contributed by atoms with Crippen molar-refractivity contribution in [2.75, 3.05) is 13.1 Å². The van der Waals surface area contributed by atoms with E-state index in [4.69, 9.17) is 0 Å². The van der Waals surface area contributed by atoms with Gasteiger partial charge in [-0.25, -0.2) is 0 Å². The minimum atomic E-state index is -0.0785. The molecule has 4 heteroatoms. The molecule has 0 unspecified atom stereocenters. The molecule has 1 aliphatic heterocycles. The summed E-state index contributed by atoms with van der Waals surface area (Å²) >= 11 is 0. The van der Waals surface area contributed by atoms with Gasteiger partial charge in [0.05, 0.1) is 0 Å². The van der Waals surface area contributed by atoms with Crippen LogP contribution in [0.5, 0.6) is 0 Å². The predicted molar refractivity (Wildman–Crippen MR) is 103 cm³/mol. The number of hydrogen-bond acceptors (Lipinski definition) is 3. The summed E-state index contributed by atoms with van der Waals surface area (Å²) in [7, 11) is 0. The van der Waals surface area contributed by atoms with Crippen LogP contribution in [0.4, 0.5) is 0 Å². The fourth-order valence-corrected chi connectivity index (χ4v) is 3.34. The molecule has 2 aromatic rings. The Hall–Kier alpha value is -2.46. The zero-order chi connectivity index (χ0) is 18.2. The summed E-state index contributed by atoms with van der Waals surface area (Å²) in [4.78, 5) is 26.7. The fraction of sp³-hybridized carbons (Fsp3) is 0.364. The van der Waals surface area contributed by atoms with Gasteiger partial charge in [-0.15, -0.1) is 0 Å². The normalized spacial score (nSPS) is 14.3. The Labute approximate surface area is 155 Å². The lowest BCUT2D eigenvalue weighted by molar-refractivity contribution is -0.121. The van der Waals surface area contributed by atoms with E-state index in [0.717, 1.165) is 25.2 Å². The van der Waals surface area contributed by atoms with Crippen molar-refractivity contribution >= 4 is 11.7 Å². The van der Waals surface area contributed by atoms with Crippen molar-refractivity contribution in [1.82, 2.24) is 10.2 Å². The highest BCUT2D eigenvalue weighted by Crippen LogP contribution is 2.16. The zero-order valence-electron chi connectivity index (χ0n) is 15.1. The molecule has 0 spiro atoms. The van der Waals surface area contributed by atoms with Gasteiger partial charge in [0.25, 0.3) is 0 Å². The molecule has 0 atom stereocenters. The Balaban J connectivity index is 1.47. The number of nitrogens with zero attached hydrogens (tertiary/aromatic N) is 1. The van der Waals surface area contributed by atoms with Crippen LogP contribution in [-0.2, 0) is 17.9 Å². The van der Waals surface area contributed by atoms with E-state index in [1.165, 1.54) is 18.4 Å². The molecule has 1 fully saturated rings. The van der Waals surface area contributed by atoms with Crippen molar-refractivity contribution in [3.05, 3.63) is 71.3 Å². The molecule has 1 N–H and O–H groups in total. The molecule has 3 rings (SSSR count). The van der Waals surface area contributed by atoms with E-state index < -0.39 is 0 Å². The number of likely N-dealkylation sites (tertiary alicyclic amines) is 1. The number of benzene rings is 2. The maximum Gasteiger partial charge on any atom is 0.220 e. The third-order valence-corrected chi connectivity index (χ3v) is 4.86. The van der Waals surface area contributed by atoms with Gasteiger partial charge in [-0.1, -0.05) is 54.6 Å². The first-order valence-corrected chi connectivity index (χ1v) is 9.36. The van der Waals surface area contributed by atoms with Gasteiger partial charge >= 0.3 is 0 Å². The summed E-state index contributed by atoms with van der Waals surface area (Å²) in [6, 6.07) is 17.4. The summed E-state index contributed by atoms with van der Waals surface area (Å²) in [5.41, 5.74) is 3.09. The predicted octanol–water partition coefficient (Wildman–Crippen LogP) is 3.56. The number of nitrogens with one attached hydrogen (secondary N) is 1. The standard InChI is InChI=1S/C22H26N2O2/c25-21(18-8-2-1-3-9-18)12-13-22(26)23-16-19-10-4-5-11-20(19)17-24-14-6-7-15-24/h1-5,8-11H,6-7,12-17H2,(H,23,26). The molecular weight excluding hydrogens is 324 g/mol. The van der Waals surface area contributed by atoms with Gasteiger partial charge in [-0.3, -0.25) is 14.5 Å². The lowest BCUT2D eigenvalue weighted by Gasteiger charge is -2.17. The highest BCUT2D eigenvalue weighted by atomic mass is 16.2. The van der Waals surface area contributed by atoms with Crippen LogP contribution < -0.4 is 5.32 Å². The number of carbonyl (C=O) groups is 2. The van der Waals surface area contributed by atoms with E-state index in [1.807, 2.05) is 24.3 Å². The summed E-state index contributed by atoms with van der Waals surface area (Å²) in [5, 5.41) is 2.96. The minimum absolute atomic E-state index is 0.00943. The molecule has 2 aromatic carbocycles. The van der Waals surface area contributed by atoms with Crippen molar-refractivity contribution in [2.24, 2.45) is 0 Å². The van der Waals surface area contributed by atoms with Gasteiger partial charge in [-0.2, -0.15) is 0 Å². The lowest BCUT2D eigenvalue weighted by Crippen LogP contribution is -2.25. The first-order chi connectivity index (χ1) is 12.7. The van der Waals surface area contributed by atoms with Crippen molar-refractivity contribution in [3.8, 4) is 0 Å². The van der Waals surface area contributed by atoms with Gasteiger partial charge in [0, 0.05) is 31.5 Å². The van der Waals surface area contributed by atoms with Crippen molar-refractivity contribution < 1.29 is 9.59 Å². The van der Waals surface area contributed by atoms with Crippen LogP contribution in [0.3, 0.4) is 0 Å². The Morgan fingerprint density at radius 3 is 2.23 bits per heavy atom. The van der Waals surface area contributed by atoms with Crippen LogP contribution in [0.2, 0.25) is 0 Å². The van der Waals surface area contributed by atoms with E-state index in [0.29, 0.717) is 12.1 Å². The maximum absolute atomic E-state index is 12.1. The molecule has 0 bridgehead atoms. The number of rotatable bonds is 8. The average Bonchev–Trinajstić information content (AvgIpc) is 3.19. The lowest BCUT2D eigenvalue weighted by atomic mass is 10.1. The average molecular weight is 350 g/mol. The Kier molecular flexibility index (Phi) is 6.56. The summed E-state index contributed by atoms with van der Waals surface area (Å²) < 4.78 is 0. The van der Waals surface area contributed by atoms with Crippen LogP contribution in [0, 0.1) is 0 Å². The highest BCUT2D eigenvalue weighted by molar-refractivity contribution is 5.97. The molecule has 0 aromatic heterocycles. The second kappa shape index (κ2) is 9.30. The highest BCUT2D eigenvalue weighted by Gasteiger charge is 2.14. The number of hydrogen-bond donors (Lipinski definition) is 1. The van der Waals surface area contributed by atoms with Crippen molar-refractivity contribution in [2.45, 2.75) is 38.8 Å². The van der Waals surface area contributed by atoms with Crippen LogP contribution in [0.1, 0.15) is 47.2 Å². The molecule has 0 radical (unpaired) electrons. The van der Waals surface area contributed by atoms with Gasteiger partial charge in [0.2, 0.25) is 5.91 Å². The molecular formula is C22H26N2O2. The first-order valence-electron chi connectivity index (χ1n) is 9.36. The van der Waals surface area contributed by atoms with Crippen LogP contribution >= 0.6 is 0 Å². The van der Waals surface area contributed by atoms with Gasteiger partial charge < -0.3 is 5.32 Å². The largest absolute Gasteiger partial charge is 0.352 e. The summed E-state index contributed by atoms with van der Waals surface area (Å²) in [5.74, 6) is -0.0690. The fourth-order valence-electron chi connectivity index (χ4n) is 3.34. The summed E-state index contributed by atoms with van der Waals surface area (Å²) in [6.45, 7) is 3.77. The number of carbonyl (C=O) groups excluding carboxylic acids is 2. The second-order valence-electron chi connectivity index (χ2n) is 6.82. The number of Topliss-reactive ketones (excluding diaryl/α,β-unsaturated/α-hetero) is 1. The molecule has 0 saturated carbocycles. The Morgan fingerprint density at radius 1 is 0.846 bits per heavy atom. The molecule has 0 aliphatic carbocycles. The molecule has 26 heavy (non-hydrogen) atoms. The first kappa shape index (κ1) is 18.3. The van der Waals surface area contributed by atoms with Gasteiger partial charge in [0.1, 0.15) is 0 Å². The quantitative estimate of drug-likeness (QED) is 0.741. The Morgan fingerprint density at radius 2 is 1.50 bits per heavy atom. The molecule has 136 valence electrons. The molecule has 1 amide bonds. The minimum Gasteiger partial charge on any atom is -0.352 e. The monoisotopic (exact) mass is 350 g/mol. The second-order valence-corrected chi connectivity index (χ2v) is 6.82. The van der Waals surface area contributed by atoms with E-state index >= 15 is 0 Å². The van der Waals surface area contributed by atoms with Crippen LogP contribution in [-0.4, -0.2) is 29.7 Å². The third-order valence-electron chi connectivity index (χ3n) is 4.86. The molecule has 1 saturated heterocycles. The molecule has 4 nitrogen and oxygen atoms in total. The van der Waals surface area contributed by atoms with E-state index in [-0.39, 0.29) is 24.5 Å². The van der Waals surface area contributed by atoms with E-state index in [2.05, 4.69) is 28.4 Å². The third kappa shape index (κ3) is 5.27. The SMILES string of the molecule is O=C(CCC(=O)c1ccccc1)NCc1ccccc1CN1CCCC1. The smallest absolute Gasteiger partial charge is 0.220 e. The van der Waals surface area contributed by atoms with E-state index in [9.17, 15) is 9.59 Å². The van der Waals surface area contributed by atoms with Crippen molar-refractivity contribution in [3.63, 3.8) is 0 Å². The summed E-state index contributed by atoms with van der Waals surface area (Å²) in [6.07, 6.45) is 3.01. The maximum atomic E-state index is 12.1. The molecule has 1 heterocycles. The van der Waals surface area contributed by atoms with Gasteiger partial charge in [-0.05, 0) is 37.1 Å².